The number of nitrogens with zero attached hydrogens (tertiary/aromatic N) is 1. The van der Waals surface area contributed by atoms with E-state index in [1.54, 1.807) is 22.8 Å². The molecule has 4 heteroatoms. The van der Waals surface area contributed by atoms with Crippen LogP contribution >= 0.6 is 0 Å². The summed E-state index contributed by atoms with van der Waals surface area (Å²) >= 11 is 0. The summed E-state index contributed by atoms with van der Waals surface area (Å²) in [7, 11) is 0. The number of benzene rings is 2. The van der Waals surface area contributed by atoms with Crippen LogP contribution in [0, 0.1) is 6.92 Å². The number of aromatic amines is 1. The summed E-state index contributed by atoms with van der Waals surface area (Å²) in [5.41, 5.74) is 2.11. The number of nitrogens with one attached hydrogen (secondary N) is 1. The second kappa shape index (κ2) is 4.81. The van der Waals surface area contributed by atoms with Crippen LogP contribution in [0.5, 0.6) is 0 Å². The molecule has 0 fully saturated rings. The first-order valence-electron chi connectivity index (χ1n) is 6.42. The van der Waals surface area contributed by atoms with Crippen molar-refractivity contribution >= 4 is 10.9 Å². The minimum atomic E-state index is -0.379. The van der Waals surface area contributed by atoms with E-state index in [9.17, 15) is 9.59 Å². The lowest BCUT2D eigenvalue weighted by atomic mass is 10.1. The van der Waals surface area contributed by atoms with Crippen LogP contribution < -0.4 is 11.2 Å². The Morgan fingerprint density at radius 2 is 1.85 bits per heavy atom. The van der Waals surface area contributed by atoms with Crippen molar-refractivity contribution in [1.29, 1.82) is 0 Å². The highest BCUT2D eigenvalue weighted by Crippen LogP contribution is 2.10. The molecule has 0 amide bonds. The monoisotopic (exact) mass is 266 g/mol. The van der Waals surface area contributed by atoms with Gasteiger partial charge in [-0.05, 0) is 24.6 Å². The van der Waals surface area contributed by atoms with Crippen molar-refractivity contribution in [1.82, 2.24) is 9.55 Å². The van der Waals surface area contributed by atoms with Gasteiger partial charge in [-0.2, -0.15) is 0 Å². The highest BCUT2D eigenvalue weighted by atomic mass is 16.2. The molecule has 0 aliphatic rings. The Bertz CT molecular complexity index is 891. The van der Waals surface area contributed by atoms with Crippen molar-refractivity contribution < 1.29 is 0 Å². The maximum atomic E-state index is 12.1. The maximum absolute atomic E-state index is 12.1. The molecule has 1 N–H and O–H groups in total. The van der Waals surface area contributed by atoms with E-state index in [4.69, 9.17) is 0 Å². The predicted octanol–water partition coefficient (Wildman–Crippen LogP) is 2.05. The Kier molecular flexibility index (Phi) is 2.99. The largest absolute Gasteiger partial charge is 0.329 e. The summed E-state index contributed by atoms with van der Waals surface area (Å²) in [4.78, 5) is 26.2. The highest BCUT2D eigenvalue weighted by Gasteiger charge is 2.07. The molecule has 2 aromatic carbocycles. The zero-order chi connectivity index (χ0) is 14.1. The van der Waals surface area contributed by atoms with Gasteiger partial charge in [0.15, 0.2) is 0 Å². The molecular formula is C16H14N2O2. The fourth-order valence-electron chi connectivity index (χ4n) is 2.39. The summed E-state index contributed by atoms with van der Waals surface area (Å²) in [6.45, 7) is 2.45. The van der Waals surface area contributed by atoms with Crippen molar-refractivity contribution in [2.45, 2.75) is 13.5 Å². The van der Waals surface area contributed by atoms with Gasteiger partial charge in [-0.15, -0.1) is 0 Å². The quantitative estimate of drug-likeness (QED) is 0.771. The number of hydrogen-bond donors (Lipinski definition) is 1. The first-order valence-corrected chi connectivity index (χ1v) is 6.42. The van der Waals surface area contributed by atoms with Crippen LogP contribution in [0.2, 0.25) is 0 Å². The number of rotatable bonds is 2. The lowest BCUT2D eigenvalue weighted by Crippen LogP contribution is -2.30. The number of aromatic nitrogens is 2. The fraction of sp³-hybridized carbons (Fsp3) is 0.125. The van der Waals surface area contributed by atoms with Gasteiger partial charge in [0.1, 0.15) is 0 Å². The third-order valence-electron chi connectivity index (χ3n) is 3.33. The van der Waals surface area contributed by atoms with E-state index < -0.39 is 0 Å². The summed E-state index contributed by atoms with van der Waals surface area (Å²) in [5, 5.41) is 0.528. The molecule has 0 aliphatic carbocycles. The number of aryl methyl sites for hydroxylation is 1. The van der Waals surface area contributed by atoms with Gasteiger partial charge in [-0.25, -0.2) is 4.79 Å². The number of fused-ring (bicyclic) bond motifs is 1. The molecule has 3 rings (SSSR count). The minimum Gasteiger partial charge on any atom is -0.289 e. The summed E-state index contributed by atoms with van der Waals surface area (Å²) in [6, 6.07) is 15.1. The third kappa shape index (κ3) is 2.16. The van der Waals surface area contributed by atoms with Crippen molar-refractivity contribution in [3.8, 4) is 0 Å². The van der Waals surface area contributed by atoms with Crippen molar-refractivity contribution in [2.24, 2.45) is 0 Å². The number of H-pyrrole nitrogens is 1. The minimum absolute atomic E-state index is 0.342. The molecule has 100 valence electrons. The molecular weight excluding hydrogens is 252 g/mol. The molecule has 0 unspecified atom stereocenters. The van der Waals surface area contributed by atoms with Gasteiger partial charge >= 0.3 is 5.69 Å². The Morgan fingerprint density at radius 1 is 1.05 bits per heavy atom. The lowest BCUT2D eigenvalue weighted by molar-refractivity contribution is 0.756. The van der Waals surface area contributed by atoms with Crippen LogP contribution in [0.4, 0.5) is 0 Å². The van der Waals surface area contributed by atoms with Gasteiger partial charge in [-0.3, -0.25) is 14.3 Å². The molecule has 3 aromatic rings. The zero-order valence-electron chi connectivity index (χ0n) is 11.1. The molecule has 0 spiro atoms. The Morgan fingerprint density at radius 3 is 2.65 bits per heavy atom. The second-order valence-corrected chi connectivity index (χ2v) is 4.85. The van der Waals surface area contributed by atoms with E-state index in [1.807, 2.05) is 37.3 Å². The molecule has 0 atom stereocenters. The fourth-order valence-corrected chi connectivity index (χ4v) is 2.39. The van der Waals surface area contributed by atoms with Crippen molar-refractivity contribution in [3.63, 3.8) is 0 Å². The van der Waals surface area contributed by atoms with Crippen LogP contribution in [0.3, 0.4) is 0 Å². The van der Waals surface area contributed by atoms with Crippen molar-refractivity contribution in [2.75, 3.05) is 0 Å². The molecule has 0 bridgehead atoms. The molecule has 1 aromatic heterocycles. The maximum Gasteiger partial charge on any atom is 0.329 e. The predicted molar refractivity (Wildman–Crippen MR) is 79.1 cm³/mol. The molecule has 0 radical (unpaired) electrons. The number of hydrogen-bond acceptors (Lipinski definition) is 2. The molecule has 0 saturated heterocycles. The SMILES string of the molecule is Cc1cccc(Cn2c(=O)[nH]c(=O)c3ccccc32)c1. The smallest absolute Gasteiger partial charge is 0.289 e. The summed E-state index contributed by atoms with van der Waals surface area (Å²) in [6.07, 6.45) is 0. The Balaban J connectivity index is 2.21. The van der Waals surface area contributed by atoms with Gasteiger partial charge in [0, 0.05) is 0 Å². The lowest BCUT2D eigenvalue weighted by Gasteiger charge is -2.09. The highest BCUT2D eigenvalue weighted by molar-refractivity contribution is 5.77. The van der Waals surface area contributed by atoms with Gasteiger partial charge in [-0.1, -0.05) is 42.0 Å². The van der Waals surface area contributed by atoms with Crippen LogP contribution in [0.1, 0.15) is 11.1 Å². The molecule has 1 heterocycles. The van der Waals surface area contributed by atoms with Crippen molar-refractivity contribution in [3.05, 3.63) is 80.5 Å². The standard InChI is InChI=1S/C16H14N2O2/c1-11-5-4-6-12(9-11)10-18-14-8-3-2-7-13(14)15(19)17-16(18)20/h2-9H,10H2,1H3,(H,17,19,20). The molecule has 4 nitrogen and oxygen atoms in total. The number of para-hydroxylation sites is 1. The van der Waals surface area contributed by atoms with Crippen LogP contribution in [-0.2, 0) is 6.54 Å². The third-order valence-corrected chi connectivity index (χ3v) is 3.33. The average molecular weight is 266 g/mol. The summed E-state index contributed by atoms with van der Waals surface area (Å²) < 4.78 is 1.59. The van der Waals surface area contributed by atoms with E-state index in [-0.39, 0.29) is 11.2 Å². The topological polar surface area (TPSA) is 54.9 Å². The normalized spacial score (nSPS) is 10.8. The summed E-state index contributed by atoms with van der Waals surface area (Å²) in [5.74, 6) is 0. The van der Waals surface area contributed by atoms with Gasteiger partial charge in [0.2, 0.25) is 0 Å². The zero-order valence-corrected chi connectivity index (χ0v) is 11.1. The first-order chi connectivity index (χ1) is 9.65. The Labute approximate surface area is 115 Å². The van der Waals surface area contributed by atoms with Crippen LogP contribution in [0.25, 0.3) is 10.9 Å². The van der Waals surface area contributed by atoms with Gasteiger partial charge < -0.3 is 0 Å². The average Bonchev–Trinajstić information content (AvgIpc) is 2.43. The van der Waals surface area contributed by atoms with E-state index in [0.29, 0.717) is 17.4 Å². The second-order valence-electron chi connectivity index (χ2n) is 4.85. The molecule has 0 aliphatic heterocycles. The van der Waals surface area contributed by atoms with Gasteiger partial charge in [0.05, 0.1) is 17.4 Å². The van der Waals surface area contributed by atoms with Crippen LogP contribution in [0.15, 0.2) is 58.1 Å². The van der Waals surface area contributed by atoms with E-state index in [2.05, 4.69) is 4.98 Å². The molecule has 20 heavy (non-hydrogen) atoms. The van der Waals surface area contributed by atoms with Gasteiger partial charge in [0.25, 0.3) is 5.56 Å². The van der Waals surface area contributed by atoms with E-state index in [0.717, 1.165) is 11.1 Å². The van der Waals surface area contributed by atoms with Crippen LogP contribution in [-0.4, -0.2) is 9.55 Å². The first kappa shape index (κ1) is 12.4. The van der Waals surface area contributed by atoms with E-state index in [1.165, 1.54) is 0 Å². The Hall–Kier alpha value is -2.62. The van der Waals surface area contributed by atoms with E-state index >= 15 is 0 Å². The molecule has 0 saturated carbocycles.